The van der Waals surface area contributed by atoms with E-state index in [1.165, 1.54) is 0 Å². The molecule has 0 rings (SSSR count). The minimum atomic E-state index is -0.822. The summed E-state index contributed by atoms with van der Waals surface area (Å²) in [6.45, 7) is 7.92. The van der Waals surface area contributed by atoms with Gasteiger partial charge in [0.05, 0.1) is 0 Å². The van der Waals surface area contributed by atoms with Gasteiger partial charge in [-0.05, 0) is 12.5 Å². The Hall–Kier alpha value is -0.610. The van der Waals surface area contributed by atoms with Gasteiger partial charge in [-0.25, -0.2) is 0 Å². The van der Waals surface area contributed by atoms with Crippen molar-refractivity contribution in [2.45, 2.75) is 33.2 Å². The first kappa shape index (κ1) is 13.4. The highest BCUT2D eigenvalue weighted by Crippen LogP contribution is 2.07. The van der Waals surface area contributed by atoms with Crippen molar-refractivity contribution in [2.75, 3.05) is 19.6 Å². The molecule has 0 heterocycles. The van der Waals surface area contributed by atoms with Crippen LogP contribution in [0.5, 0.6) is 0 Å². The third-order valence-electron chi connectivity index (χ3n) is 2.60. The Kier molecular flexibility index (Phi) is 6.49. The fraction of sp³-hybridized carbons (Fsp3) is 0.900. The highest BCUT2D eigenvalue weighted by Gasteiger charge is 2.23. The van der Waals surface area contributed by atoms with Gasteiger partial charge in [0, 0.05) is 13.1 Å². The molecular weight excluding hydrogens is 180 g/mol. The zero-order valence-corrected chi connectivity index (χ0v) is 9.36. The summed E-state index contributed by atoms with van der Waals surface area (Å²) in [7, 11) is 0. The average Bonchev–Trinajstić information content (AvgIpc) is 2.16. The number of likely N-dealkylation sites (N-methyl/N-ethyl adjacent to an activating group) is 1. The number of hydrogen-bond donors (Lipinski definition) is 2. The van der Waals surface area contributed by atoms with Crippen molar-refractivity contribution < 1.29 is 9.90 Å². The van der Waals surface area contributed by atoms with Crippen molar-refractivity contribution in [3.63, 3.8) is 0 Å². The Balaban J connectivity index is 4.28. The number of hydrogen-bond acceptors (Lipinski definition) is 3. The first-order valence-corrected chi connectivity index (χ1v) is 5.23. The van der Waals surface area contributed by atoms with E-state index in [0.29, 0.717) is 5.92 Å². The predicted octanol–water partition coefficient (Wildman–Crippen LogP) is 0.766. The second kappa shape index (κ2) is 6.79. The van der Waals surface area contributed by atoms with Crippen LogP contribution in [-0.4, -0.2) is 41.7 Å². The molecule has 0 aromatic rings. The molecule has 0 aromatic heterocycles. The second-order valence-electron chi connectivity index (χ2n) is 3.69. The summed E-state index contributed by atoms with van der Waals surface area (Å²) in [6, 6.07) is -0.533. The van der Waals surface area contributed by atoms with Crippen molar-refractivity contribution >= 4 is 5.97 Å². The van der Waals surface area contributed by atoms with Crippen LogP contribution in [0.4, 0.5) is 0 Å². The molecule has 14 heavy (non-hydrogen) atoms. The van der Waals surface area contributed by atoms with Crippen LogP contribution in [-0.2, 0) is 4.79 Å². The van der Waals surface area contributed by atoms with Gasteiger partial charge in [-0.2, -0.15) is 0 Å². The minimum Gasteiger partial charge on any atom is -0.480 e. The third kappa shape index (κ3) is 4.07. The molecule has 84 valence electrons. The van der Waals surface area contributed by atoms with E-state index < -0.39 is 12.0 Å². The smallest absolute Gasteiger partial charge is 0.322 e. The van der Waals surface area contributed by atoms with Gasteiger partial charge in [0.1, 0.15) is 6.04 Å². The van der Waals surface area contributed by atoms with E-state index in [9.17, 15) is 4.79 Å². The van der Waals surface area contributed by atoms with Gasteiger partial charge < -0.3 is 10.8 Å². The fourth-order valence-electron chi connectivity index (χ4n) is 1.41. The molecule has 0 aliphatic rings. The van der Waals surface area contributed by atoms with E-state index in [2.05, 4.69) is 13.8 Å². The largest absolute Gasteiger partial charge is 0.480 e. The van der Waals surface area contributed by atoms with Crippen molar-refractivity contribution in [1.82, 2.24) is 4.90 Å². The van der Waals surface area contributed by atoms with E-state index in [1.54, 1.807) is 0 Å². The molecule has 0 aromatic carbocycles. The fourth-order valence-corrected chi connectivity index (χ4v) is 1.41. The molecule has 3 N–H and O–H groups in total. The number of rotatable bonds is 7. The lowest BCUT2D eigenvalue weighted by molar-refractivity contribution is -0.143. The summed E-state index contributed by atoms with van der Waals surface area (Å²) in [6.07, 6.45) is 1.06. The summed E-state index contributed by atoms with van der Waals surface area (Å²) in [5, 5.41) is 8.94. The van der Waals surface area contributed by atoms with Crippen LogP contribution in [0.3, 0.4) is 0 Å². The van der Waals surface area contributed by atoms with E-state index in [-0.39, 0.29) is 6.54 Å². The van der Waals surface area contributed by atoms with E-state index in [4.69, 9.17) is 10.8 Å². The maximum Gasteiger partial charge on any atom is 0.322 e. The van der Waals surface area contributed by atoms with Crippen molar-refractivity contribution in [2.24, 2.45) is 11.7 Å². The number of aliphatic carboxylic acids is 1. The van der Waals surface area contributed by atoms with Crippen LogP contribution in [0.1, 0.15) is 27.2 Å². The number of carboxylic acid groups (broad SMARTS) is 1. The summed E-state index contributed by atoms with van der Waals surface area (Å²) < 4.78 is 0. The van der Waals surface area contributed by atoms with E-state index in [1.807, 2.05) is 11.8 Å². The van der Waals surface area contributed by atoms with Crippen molar-refractivity contribution in [1.29, 1.82) is 0 Å². The third-order valence-corrected chi connectivity index (χ3v) is 2.60. The van der Waals surface area contributed by atoms with E-state index >= 15 is 0 Å². The highest BCUT2D eigenvalue weighted by molar-refractivity contribution is 5.73. The van der Waals surface area contributed by atoms with Crippen LogP contribution < -0.4 is 5.73 Å². The molecule has 0 radical (unpaired) electrons. The minimum absolute atomic E-state index is 0.180. The Morgan fingerprint density at radius 2 is 2.07 bits per heavy atom. The summed E-state index contributed by atoms with van der Waals surface area (Å²) in [5.41, 5.74) is 5.44. The molecule has 0 spiro atoms. The van der Waals surface area contributed by atoms with E-state index in [0.717, 1.165) is 19.5 Å². The molecular formula is C10H22N2O2. The first-order valence-electron chi connectivity index (χ1n) is 5.23. The summed E-state index contributed by atoms with van der Waals surface area (Å²) in [5.74, 6) is -0.305. The lowest BCUT2D eigenvalue weighted by Crippen LogP contribution is -2.47. The predicted molar refractivity (Wildman–Crippen MR) is 57.2 cm³/mol. The summed E-state index contributed by atoms with van der Waals surface area (Å²) >= 11 is 0. The monoisotopic (exact) mass is 202 g/mol. The van der Waals surface area contributed by atoms with Crippen LogP contribution in [0, 0.1) is 5.92 Å². The molecule has 0 aliphatic heterocycles. The number of nitrogens with two attached hydrogens (primary N) is 1. The van der Waals surface area contributed by atoms with Crippen LogP contribution >= 0.6 is 0 Å². The Bertz CT molecular complexity index is 174. The van der Waals surface area contributed by atoms with Crippen molar-refractivity contribution in [3.8, 4) is 0 Å². The number of carbonyl (C=O) groups is 1. The van der Waals surface area contributed by atoms with Crippen LogP contribution in [0.25, 0.3) is 0 Å². The zero-order valence-electron chi connectivity index (χ0n) is 9.36. The molecule has 0 fully saturated rings. The SMILES string of the molecule is CCC(C)CN(CC)C(CN)C(=O)O. The number of nitrogens with zero attached hydrogens (tertiary/aromatic N) is 1. The van der Waals surface area contributed by atoms with Gasteiger partial charge >= 0.3 is 5.97 Å². The van der Waals surface area contributed by atoms with Crippen LogP contribution in [0.15, 0.2) is 0 Å². The highest BCUT2D eigenvalue weighted by atomic mass is 16.4. The Morgan fingerprint density at radius 3 is 2.36 bits per heavy atom. The molecule has 4 nitrogen and oxygen atoms in total. The van der Waals surface area contributed by atoms with Gasteiger partial charge in [0.25, 0.3) is 0 Å². The molecule has 0 saturated carbocycles. The van der Waals surface area contributed by atoms with Gasteiger partial charge in [-0.1, -0.05) is 27.2 Å². The topological polar surface area (TPSA) is 66.6 Å². The molecule has 0 aliphatic carbocycles. The zero-order chi connectivity index (χ0) is 11.1. The molecule has 0 bridgehead atoms. The maximum absolute atomic E-state index is 10.9. The Labute approximate surface area is 86.1 Å². The Morgan fingerprint density at radius 1 is 1.50 bits per heavy atom. The van der Waals surface area contributed by atoms with Gasteiger partial charge in [0.2, 0.25) is 0 Å². The molecule has 0 saturated heterocycles. The normalized spacial score (nSPS) is 15.5. The lowest BCUT2D eigenvalue weighted by Gasteiger charge is -2.28. The first-order chi connectivity index (χ1) is 6.56. The standard InChI is InChI=1S/C10H22N2O2/c1-4-8(3)7-12(5-2)9(6-11)10(13)14/h8-9H,4-7,11H2,1-3H3,(H,13,14). The number of carboxylic acids is 1. The van der Waals surface area contributed by atoms with Gasteiger partial charge in [-0.3, -0.25) is 9.69 Å². The van der Waals surface area contributed by atoms with Crippen molar-refractivity contribution in [3.05, 3.63) is 0 Å². The quantitative estimate of drug-likeness (QED) is 0.640. The van der Waals surface area contributed by atoms with Gasteiger partial charge in [0.15, 0.2) is 0 Å². The van der Waals surface area contributed by atoms with Crippen LogP contribution in [0.2, 0.25) is 0 Å². The lowest BCUT2D eigenvalue weighted by atomic mass is 10.1. The molecule has 4 heteroatoms. The molecule has 2 atom stereocenters. The molecule has 0 amide bonds. The maximum atomic E-state index is 10.9. The average molecular weight is 202 g/mol. The second-order valence-corrected chi connectivity index (χ2v) is 3.69. The van der Waals surface area contributed by atoms with Gasteiger partial charge in [-0.15, -0.1) is 0 Å². The molecule has 2 unspecified atom stereocenters. The summed E-state index contributed by atoms with van der Waals surface area (Å²) in [4.78, 5) is 12.8.